The molecule has 0 spiro atoms. The van der Waals surface area contributed by atoms with Crippen LogP contribution in [0.2, 0.25) is 0 Å². The maximum atomic E-state index is 4.52. The summed E-state index contributed by atoms with van der Waals surface area (Å²) in [5, 5.41) is 6.56. The van der Waals surface area contributed by atoms with Crippen LogP contribution in [0.3, 0.4) is 0 Å². The molecule has 14 heavy (non-hydrogen) atoms. The molecule has 0 atom stereocenters. The van der Waals surface area contributed by atoms with Crippen molar-refractivity contribution in [1.29, 1.82) is 0 Å². The third kappa shape index (κ3) is 3.39. The van der Waals surface area contributed by atoms with E-state index in [2.05, 4.69) is 63.1 Å². The van der Waals surface area contributed by atoms with Gasteiger partial charge < -0.3 is 0 Å². The minimum absolute atomic E-state index is 0.454. The fraction of sp³-hybridized carbons (Fsp3) is 0.700. The Morgan fingerprint density at radius 2 is 2.00 bits per heavy atom. The van der Waals surface area contributed by atoms with Gasteiger partial charge in [0.2, 0.25) is 0 Å². The minimum Gasteiger partial charge on any atom is -0.270 e. The largest absolute Gasteiger partial charge is 0.270 e. The smallest absolute Gasteiger partial charge is 0.0628 e. The Labute approximate surface area is 102 Å². The van der Waals surface area contributed by atoms with Crippen LogP contribution in [0.5, 0.6) is 0 Å². The second-order valence-electron chi connectivity index (χ2n) is 3.76. The number of aromatic nitrogens is 2. The van der Waals surface area contributed by atoms with Crippen LogP contribution < -0.4 is 0 Å². The summed E-state index contributed by atoms with van der Waals surface area (Å²) < 4.78 is 2.01. The average molecular weight is 324 g/mol. The normalized spacial score (nSPS) is 11.6. The first-order valence-corrected chi connectivity index (χ1v) is 7.07. The van der Waals surface area contributed by atoms with E-state index in [-0.39, 0.29) is 0 Å². The standard InChI is InChI=1S/C10H16Br2N2/c1-8(2)14-4-3-10(13-14)5-9(6-11)7-12/h3-4,8-9H,5-7H2,1-2H3. The van der Waals surface area contributed by atoms with E-state index < -0.39 is 0 Å². The molecule has 0 aliphatic rings. The molecule has 0 aromatic carbocycles. The summed E-state index contributed by atoms with van der Waals surface area (Å²) in [6.45, 7) is 4.28. The topological polar surface area (TPSA) is 17.8 Å². The van der Waals surface area contributed by atoms with E-state index in [9.17, 15) is 0 Å². The van der Waals surface area contributed by atoms with E-state index in [0.717, 1.165) is 17.1 Å². The lowest BCUT2D eigenvalue weighted by molar-refractivity contribution is 0.520. The zero-order chi connectivity index (χ0) is 10.6. The maximum Gasteiger partial charge on any atom is 0.0628 e. The Morgan fingerprint density at radius 3 is 2.43 bits per heavy atom. The van der Waals surface area contributed by atoms with Crippen molar-refractivity contribution in [1.82, 2.24) is 9.78 Å². The number of rotatable bonds is 5. The molecule has 0 radical (unpaired) electrons. The van der Waals surface area contributed by atoms with E-state index in [1.807, 2.05) is 4.68 Å². The van der Waals surface area contributed by atoms with Gasteiger partial charge in [-0.2, -0.15) is 5.10 Å². The lowest BCUT2D eigenvalue weighted by Crippen LogP contribution is -2.09. The number of nitrogens with zero attached hydrogens (tertiary/aromatic N) is 2. The van der Waals surface area contributed by atoms with E-state index in [4.69, 9.17) is 0 Å². The van der Waals surface area contributed by atoms with Crippen LogP contribution in [0.4, 0.5) is 0 Å². The molecule has 0 aliphatic heterocycles. The van der Waals surface area contributed by atoms with E-state index in [1.54, 1.807) is 0 Å². The van der Waals surface area contributed by atoms with Gasteiger partial charge in [0.15, 0.2) is 0 Å². The maximum absolute atomic E-state index is 4.52. The first kappa shape index (κ1) is 12.2. The first-order valence-electron chi connectivity index (χ1n) is 4.83. The molecular weight excluding hydrogens is 308 g/mol. The van der Waals surface area contributed by atoms with Gasteiger partial charge in [-0.25, -0.2) is 0 Å². The Hall–Kier alpha value is 0.170. The van der Waals surface area contributed by atoms with Crippen molar-refractivity contribution in [3.63, 3.8) is 0 Å². The van der Waals surface area contributed by atoms with Gasteiger partial charge in [0.05, 0.1) is 5.69 Å². The van der Waals surface area contributed by atoms with Crippen LogP contribution in [0.15, 0.2) is 12.3 Å². The summed E-state index contributed by atoms with van der Waals surface area (Å²) in [5.41, 5.74) is 1.18. The summed E-state index contributed by atoms with van der Waals surface area (Å²) in [6, 6.07) is 2.56. The van der Waals surface area contributed by atoms with E-state index in [1.165, 1.54) is 5.69 Å². The zero-order valence-corrected chi connectivity index (χ0v) is 11.8. The van der Waals surface area contributed by atoms with Crippen molar-refractivity contribution >= 4 is 31.9 Å². The van der Waals surface area contributed by atoms with Crippen molar-refractivity contribution in [2.45, 2.75) is 26.3 Å². The quantitative estimate of drug-likeness (QED) is 0.759. The molecule has 0 aliphatic carbocycles. The summed E-state index contributed by atoms with van der Waals surface area (Å²) in [5.74, 6) is 0.630. The molecule has 1 aromatic rings. The van der Waals surface area contributed by atoms with Gasteiger partial charge in [0.1, 0.15) is 0 Å². The van der Waals surface area contributed by atoms with Gasteiger partial charge in [0.25, 0.3) is 0 Å². The Bertz CT molecular complexity index is 267. The SMILES string of the molecule is CC(C)n1ccc(CC(CBr)CBr)n1. The molecule has 4 heteroatoms. The predicted molar refractivity (Wildman–Crippen MR) is 67.4 cm³/mol. The zero-order valence-electron chi connectivity index (χ0n) is 8.58. The molecule has 2 nitrogen and oxygen atoms in total. The highest BCUT2D eigenvalue weighted by Gasteiger charge is 2.09. The Morgan fingerprint density at radius 1 is 1.36 bits per heavy atom. The Kier molecular flexibility index (Phi) is 5.17. The molecule has 0 saturated carbocycles. The van der Waals surface area contributed by atoms with Crippen molar-refractivity contribution < 1.29 is 0 Å². The van der Waals surface area contributed by atoms with Gasteiger partial charge in [-0.15, -0.1) is 0 Å². The molecule has 1 aromatic heterocycles. The lowest BCUT2D eigenvalue weighted by Gasteiger charge is -2.08. The van der Waals surface area contributed by atoms with Crippen LogP contribution in [0.1, 0.15) is 25.6 Å². The molecule has 1 rings (SSSR count). The van der Waals surface area contributed by atoms with Gasteiger partial charge in [0, 0.05) is 22.9 Å². The monoisotopic (exact) mass is 322 g/mol. The van der Waals surface area contributed by atoms with Crippen LogP contribution in [-0.4, -0.2) is 20.4 Å². The van der Waals surface area contributed by atoms with Crippen molar-refractivity contribution in [2.24, 2.45) is 5.92 Å². The molecule has 0 unspecified atom stereocenters. The molecule has 0 saturated heterocycles. The van der Waals surface area contributed by atoms with E-state index >= 15 is 0 Å². The summed E-state index contributed by atoms with van der Waals surface area (Å²) in [4.78, 5) is 0. The van der Waals surface area contributed by atoms with Crippen LogP contribution >= 0.6 is 31.9 Å². The van der Waals surface area contributed by atoms with Crippen molar-refractivity contribution in [3.8, 4) is 0 Å². The van der Waals surface area contributed by atoms with Crippen molar-refractivity contribution in [2.75, 3.05) is 10.7 Å². The predicted octanol–water partition coefficient (Wildman–Crippen LogP) is 3.41. The molecule has 0 N–H and O–H groups in total. The molecule has 80 valence electrons. The highest BCUT2D eigenvalue weighted by molar-refractivity contribution is 9.09. The third-order valence-electron chi connectivity index (χ3n) is 2.13. The summed E-state index contributed by atoms with van der Waals surface area (Å²) in [7, 11) is 0. The van der Waals surface area contributed by atoms with Gasteiger partial charge in [-0.05, 0) is 32.3 Å². The number of hydrogen-bond donors (Lipinski definition) is 0. The second kappa shape index (κ2) is 5.91. The highest BCUT2D eigenvalue weighted by atomic mass is 79.9. The van der Waals surface area contributed by atoms with Crippen LogP contribution in [0.25, 0.3) is 0 Å². The number of hydrogen-bond acceptors (Lipinski definition) is 1. The first-order chi connectivity index (χ1) is 6.67. The molecule has 0 amide bonds. The lowest BCUT2D eigenvalue weighted by atomic mass is 10.1. The van der Waals surface area contributed by atoms with Crippen LogP contribution in [0, 0.1) is 5.92 Å². The van der Waals surface area contributed by atoms with Crippen LogP contribution in [-0.2, 0) is 6.42 Å². The highest BCUT2D eigenvalue weighted by Crippen LogP contribution is 2.13. The summed E-state index contributed by atoms with van der Waals surface area (Å²) in [6.07, 6.45) is 3.09. The van der Waals surface area contributed by atoms with Gasteiger partial charge in [-0.3, -0.25) is 4.68 Å². The second-order valence-corrected chi connectivity index (χ2v) is 5.05. The van der Waals surface area contributed by atoms with E-state index in [0.29, 0.717) is 12.0 Å². The fourth-order valence-electron chi connectivity index (χ4n) is 1.22. The third-order valence-corrected chi connectivity index (χ3v) is 3.96. The molecule has 1 heterocycles. The molecular formula is C10H16Br2N2. The number of halogens is 2. The van der Waals surface area contributed by atoms with Crippen molar-refractivity contribution in [3.05, 3.63) is 18.0 Å². The number of alkyl halides is 2. The molecule has 0 bridgehead atoms. The van der Waals surface area contributed by atoms with Gasteiger partial charge in [-0.1, -0.05) is 31.9 Å². The fourth-order valence-corrected chi connectivity index (χ4v) is 2.75. The minimum atomic E-state index is 0.454. The summed E-state index contributed by atoms with van der Waals surface area (Å²) >= 11 is 7.01. The molecule has 0 fully saturated rings. The average Bonchev–Trinajstić information content (AvgIpc) is 2.62. The Balaban J connectivity index is 2.58. The van der Waals surface area contributed by atoms with Gasteiger partial charge >= 0.3 is 0 Å².